The molecule has 0 aliphatic heterocycles. The van der Waals surface area contributed by atoms with Gasteiger partial charge in [-0.3, -0.25) is 0 Å². The first kappa shape index (κ1) is 13.2. The number of ether oxygens (including phenoxy) is 2. The molecule has 0 radical (unpaired) electrons. The normalized spacial score (nSPS) is 10.2. The fraction of sp³-hybridized carbons (Fsp3) is 0.154. The molecule has 0 atom stereocenters. The van der Waals surface area contributed by atoms with Gasteiger partial charge in [-0.1, -0.05) is 17.7 Å². The topological polar surface area (TPSA) is 31.4 Å². The van der Waals surface area contributed by atoms with E-state index in [0.29, 0.717) is 27.7 Å². The summed E-state index contributed by atoms with van der Waals surface area (Å²) in [5.41, 5.74) is 0. The highest BCUT2D eigenvalue weighted by molar-refractivity contribution is 9.10. The first-order valence-corrected chi connectivity index (χ1v) is 6.58. The van der Waals surface area contributed by atoms with Crippen molar-refractivity contribution in [3.8, 4) is 17.4 Å². The van der Waals surface area contributed by atoms with Crippen LogP contribution in [0.15, 0.2) is 41.0 Å². The fourth-order valence-corrected chi connectivity index (χ4v) is 2.10. The molecule has 0 unspecified atom stereocenters. The molecule has 5 heteroatoms. The smallest absolute Gasteiger partial charge is 0.233 e. The molecule has 0 bridgehead atoms. The van der Waals surface area contributed by atoms with Crippen molar-refractivity contribution in [1.29, 1.82) is 0 Å². The second-order valence-corrected chi connectivity index (χ2v) is 4.74. The van der Waals surface area contributed by atoms with E-state index >= 15 is 0 Å². The van der Waals surface area contributed by atoms with Crippen molar-refractivity contribution in [2.75, 3.05) is 6.61 Å². The van der Waals surface area contributed by atoms with E-state index < -0.39 is 0 Å². The Morgan fingerprint density at radius 1 is 1.28 bits per heavy atom. The van der Waals surface area contributed by atoms with E-state index in [2.05, 4.69) is 20.9 Å². The van der Waals surface area contributed by atoms with Crippen molar-refractivity contribution in [2.45, 2.75) is 6.92 Å². The molecule has 1 aromatic heterocycles. The lowest BCUT2D eigenvalue weighted by Gasteiger charge is -2.08. The largest absolute Gasteiger partial charge is 0.494 e. The Bertz CT molecular complexity index is 548. The molecule has 1 aromatic carbocycles. The lowest BCUT2D eigenvalue weighted by Crippen LogP contribution is -1.93. The predicted molar refractivity (Wildman–Crippen MR) is 74.6 cm³/mol. The lowest BCUT2D eigenvalue weighted by atomic mass is 10.3. The number of pyridine rings is 1. The molecule has 0 saturated carbocycles. The quantitative estimate of drug-likeness (QED) is 0.816. The highest BCUT2D eigenvalue weighted by Crippen LogP contribution is 2.30. The van der Waals surface area contributed by atoms with Crippen molar-refractivity contribution >= 4 is 27.5 Å². The van der Waals surface area contributed by atoms with E-state index in [1.165, 1.54) is 6.20 Å². The third-order valence-electron chi connectivity index (χ3n) is 2.11. The van der Waals surface area contributed by atoms with Crippen molar-refractivity contribution in [1.82, 2.24) is 4.98 Å². The summed E-state index contributed by atoms with van der Waals surface area (Å²) in [6.45, 7) is 2.55. The molecule has 0 spiro atoms. The maximum atomic E-state index is 5.82. The first-order chi connectivity index (χ1) is 8.69. The number of benzene rings is 1. The maximum Gasteiger partial charge on any atom is 0.233 e. The van der Waals surface area contributed by atoms with E-state index in [-0.39, 0.29) is 0 Å². The summed E-state index contributed by atoms with van der Waals surface area (Å²) in [6.07, 6.45) is 1.54. The summed E-state index contributed by atoms with van der Waals surface area (Å²) in [5, 5.41) is 0.553. The number of rotatable bonds is 4. The molecular weight excluding hydrogens is 318 g/mol. The minimum atomic E-state index is 0.466. The molecule has 0 fully saturated rings. The third-order valence-corrected chi connectivity index (χ3v) is 2.88. The summed E-state index contributed by atoms with van der Waals surface area (Å²) in [6, 6.07) is 9.12. The zero-order chi connectivity index (χ0) is 13.0. The van der Waals surface area contributed by atoms with Gasteiger partial charge < -0.3 is 9.47 Å². The Kier molecular flexibility index (Phi) is 4.44. The van der Waals surface area contributed by atoms with E-state index in [1.54, 1.807) is 6.07 Å². The number of hydrogen-bond acceptors (Lipinski definition) is 3. The van der Waals surface area contributed by atoms with Crippen LogP contribution in [0, 0.1) is 0 Å². The molecule has 94 valence electrons. The number of aromatic nitrogens is 1. The molecule has 0 amide bonds. The lowest BCUT2D eigenvalue weighted by molar-refractivity contribution is 0.338. The molecular formula is C13H11BrClNO2. The highest BCUT2D eigenvalue weighted by Gasteiger charge is 2.06. The zero-order valence-corrected chi connectivity index (χ0v) is 12.0. The van der Waals surface area contributed by atoms with Crippen molar-refractivity contribution < 1.29 is 9.47 Å². The summed E-state index contributed by atoms with van der Waals surface area (Å²) >= 11 is 9.17. The minimum Gasteiger partial charge on any atom is -0.494 e. The van der Waals surface area contributed by atoms with Crippen LogP contribution in [0.1, 0.15) is 6.92 Å². The molecule has 0 aliphatic rings. The summed E-state index contributed by atoms with van der Waals surface area (Å²) in [5.74, 6) is 1.89. The van der Waals surface area contributed by atoms with Gasteiger partial charge in [0.25, 0.3) is 0 Å². The van der Waals surface area contributed by atoms with Crippen LogP contribution in [0.3, 0.4) is 0 Å². The molecule has 3 nitrogen and oxygen atoms in total. The second-order valence-electron chi connectivity index (χ2n) is 3.45. The molecule has 0 saturated heterocycles. The highest BCUT2D eigenvalue weighted by atomic mass is 79.9. The fourth-order valence-electron chi connectivity index (χ4n) is 1.38. The number of nitrogens with zero attached hydrogens (tertiary/aromatic N) is 1. The van der Waals surface area contributed by atoms with Gasteiger partial charge in [0.1, 0.15) is 11.5 Å². The molecule has 1 heterocycles. The number of halogens is 2. The van der Waals surface area contributed by atoms with Gasteiger partial charge in [0, 0.05) is 12.3 Å². The van der Waals surface area contributed by atoms with E-state index in [0.717, 1.165) is 5.75 Å². The van der Waals surface area contributed by atoms with Crippen molar-refractivity contribution in [3.05, 3.63) is 46.0 Å². The van der Waals surface area contributed by atoms with Crippen molar-refractivity contribution in [3.63, 3.8) is 0 Å². The molecule has 2 rings (SSSR count). The second kappa shape index (κ2) is 6.07. The van der Waals surface area contributed by atoms with E-state index in [1.807, 2.05) is 31.2 Å². The van der Waals surface area contributed by atoms with Gasteiger partial charge in [-0.25, -0.2) is 4.98 Å². The molecule has 2 aromatic rings. The predicted octanol–water partition coefficient (Wildman–Crippen LogP) is 4.69. The van der Waals surface area contributed by atoms with Gasteiger partial charge in [-0.05, 0) is 41.1 Å². The van der Waals surface area contributed by atoms with Gasteiger partial charge >= 0.3 is 0 Å². The van der Waals surface area contributed by atoms with Crippen LogP contribution in [-0.4, -0.2) is 11.6 Å². The summed E-state index contributed by atoms with van der Waals surface area (Å²) < 4.78 is 11.8. The Balaban J connectivity index is 2.20. The van der Waals surface area contributed by atoms with Crippen LogP contribution in [0.25, 0.3) is 0 Å². The summed E-state index contributed by atoms with van der Waals surface area (Å²) in [4.78, 5) is 4.11. The van der Waals surface area contributed by atoms with Crippen LogP contribution < -0.4 is 9.47 Å². The van der Waals surface area contributed by atoms with Crippen LogP contribution in [0.5, 0.6) is 17.4 Å². The van der Waals surface area contributed by atoms with Crippen LogP contribution >= 0.6 is 27.5 Å². The minimum absolute atomic E-state index is 0.466. The molecule has 0 N–H and O–H groups in total. The van der Waals surface area contributed by atoms with Gasteiger partial charge in [0.05, 0.1) is 16.1 Å². The Morgan fingerprint density at radius 3 is 2.78 bits per heavy atom. The maximum absolute atomic E-state index is 5.82. The van der Waals surface area contributed by atoms with Crippen LogP contribution in [0.4, 0.5) is 0 Å². The van der Waals surface area contributed by atoms with Crippen molar-refractivity contribution in [2.24, 2.45) is 0 Å². The average Bonchev–Trinajstić information content (AvgIpc) is 2.34. The van der Waals surface area contributed by atoms with Crippen LogP contribution in [0.2, 0.25) is 5.02 Å². The van der Waals surface area contributed by atoms with E-state index in [4.69, 9.17) is 21.1 Å². The third kappa shape index (κ3) is 3.37. The summed E-state index contributed by atoms with van der Waals surface area (Å²) in [7, 11) is 0. The zero-order valence-electron chi connectivity index (χ0n) is 9.69. The SMILES string of the molecule is CCOc1cccc(Oc2ncc(Cl)cc2Br)c1. The van der Waals surface area contributed by atoms with Gasteiger partial charge in [0.2, 0.25) is 5.88 Å². The monoisotopic (exact) mass is 327 g/mol. The Labute approximate surface area is 119 Å². The average molecular weight is 329 g/mol. The first-order valence-electron chi connectivity index (χ1n) is 5.41. The Hall–Kier alpha value is -1.26. The Morgan fingerprint density at radius 2 is 2.06 bits per heavy atom. The molecule has 0 aliphatic carbocycles. The van der Waals surface area contributed by atoms with Gasteiger partial charge in [0.15, 0.2) is 0 Å². The molecule has 18 heavy (non-hydrogen) atoms. The van der Waals surface area contributed by atoms with E-state index in [9.17, 15) is 0 Å². The van der Waals surface area contributed by atoms with Gasteiger partial charge in [-0.2, -0.15) is 0 Å². The number of hydrogen-bond donors (Lipinski definition) is 0. The van der Waals surface area contributed by atoms with Crippen LogP contribution in [-0.2, 0) is 0 Å². The standard InChI is InChI=1S/C13H11BrClNO2/c1-2-17-10-4-3-5-11(7-10)18-13-12(14)6-9(15)8-16-13/h3-8H,2H2,1H3. The van der Waals surface area contributed by atoms with Gasteiger partial charge in [-0.15, -0.1) is 0 Å².